The molecule has 1 aliphatic heterocycles. The fourth-order valence-corrected chi connectivity index (χ4v) is 2.67. The molecule has 0 amide bonds. The lowest BCUT2D eigenvalue weighted by Gasteiger charge is -2.39. The SMILES string of the molecule is COc1ccc2c(c1)OC(C)(CCC(C)C)CC2N. The van der Waals surface area contributed by atoms with E-state index in [1.807, 2.05) is 18.2 Å². The summed E-state index contributed by atoms with van der Waals surface area (Å²) in [6, 6.07) is 5.95. The zero-order valence-corrected chi connectivity index (χ0v) is 12.4. The summed E-state index contributed by atoms with van der Waals surface area (Å²) < 4.78 is 11.5. The Labute approximate surface area is 116 Å². The van der Waals surface area contributed by atoms with Gasteiger partial charge in [0.1, 0.15) is 17.1 Å². The van der Waals surface area contributed by atoms with Gasteiger partial charge in [-0.15, -0.1) is 0 Å². The highest BCUT2D eigenvalue weighted by atomic mass is 16.5. The van der Waals surface area contributed by atoms with Crippen LogP contribution in [0, 0.1) is 5.92 Å². The Morgan fingerprint density at radius 1 is 1.47 bits per heavy atom. The number of nitrogens with two attached hydrogens (primary N) is 1. The topological polar surface area (TPSA) is 44.5 Å². The number of hydrogen-bond donors (Lipinski definition) is 1. The van der Waals surface area contributed by atoms with Gasteiger partial charge in [0.15, 0.2) is 0 Å². The summed E-state index contributed by atoms with van der Waals surface area (Å²) in [5.41, 5.74) is 7.22. The number of methoxy groups -OCH3 is 1. The van der Waals surface area contributed by atoms with Gasteiger partial charge in [-0.3, -0.25) is 0 Å². The van der Waals surface area contributed by atoms with E-state index in [2.05, 4.69) is 20.8 Å². The number of hydrogen-bond acceptors (Lipinski definition) is 3. The molecule has 0 aromatic heterocycles. The Balaban J connectivity index is 2.21. The predicted molar refractivity (Wildman–Crippen MR) is 77.6 cm³/mol. The van der Waals surface area contributed by atoms with Gasteiger partial charge in [-0.2, -0.15) is 0 Å². The van der Waals surface area contributed by atoms with E-state index in [9.17, 15) is 0 Å². The molecule has 0 fully saturated rings. The van der Waals surface area contributed by atoms with Crippen molar-refractivity contribution in [3.8, 4) is 11.5 Å². The molecule has 2 atom stereocenters. The smallest absolute Gasteiger partial charge is 0.128 e. The lowest BCUT2D eigenvalue weighted by molar-refractivity contribution is 0.0402. The molecule has 2 rings (SSSR count). The fraction of sp³-hybridized carbons (Fsp3) is 0.625. The summed E-state index contributed by atoms with van der Waals surface area (Å²) in [5.74, 6) is 2.38. The first-order valence-corrected chi connectivity index (χ1v) is 7.06. The van der Waals surface area contributed by atoms with Crippen LogP contribution in [0.25, 0.3) is 0 Å². The van der Waals surface area contributed by atoms with E-state index in [1.54, 1.807) is 7.11 Å². The van der Waals surface area contributed by atoms with Gasteiger partial charge in [0, 0.05) is 24.1 Å². The van der Waals surface area contributed by atoms with E-state index in [-0.39, 0.29) is 11.6 Å². The normalized spacial score (nSPS) is 25.9. The Morgan fingerprint density at radius 3 is 2.84 bits per heavy atom. The zero-order valence-electron chi connectivity index (χ0n) is 12.4. The van der Waals surface area contributed by atoms with Crippen LogP contribution in [0.1, 0.15) is 51.6 Å². The summed E-state index contributed by atoms with van der Waals surface area (Å²) >= 11 is 0. The fourth-order valence-electron chi connectivity index (χ4n) is 2.67. The van der Waals surface area contributed by atoms with Crippen LogP contribution in [0.3, 0.4) is 0 Å². The van der Waals surface area contributed by atoms with E-state index >= 15 is 0 Å². The molecule has 0 spiro atoms. The maximum Gasteiger partial charge on any atom is 0.128 e. The molecular formula is C16H25NO2. The zero-order chi connectivity index (χ0) is 14.0. The molecule has 3 nitrogen and oxygen atoms in total. The van der Waals surface area contributed by atoms with Gasteiger partial charge < -0.3 is 15.2 Å². The second-order valence-corrected chi connectivity index (χ2v) is 6.20. The third-order valence-corrected chi connectivity index (χ3v) is 3.88. The van der Waals surface area contributed by atoms with Crippen molar-refractivity contribution in [1.29, 1.82) is 0 Å². The lowest BCUT2D eigenvalue weighted by Crippen LogP contribution is -2.40. The molecule has 1 heterocycles. The summed E-state index contributed by atoms with van der Waals surface area (Å²) in [7, 11) is 1.67. The first-order valence-electron chi connectivity index (χ1n) is 7.06. The summed E-state index contributed by atoms with van der Waals surface area (Å²) in [6.07, 6.45) is 3.07. The molecule has 2 unspecified atom stereocenters. The van der Waals surface area contributed by atoms with Gasteiger partial charge in [-0.1, -0.05) is 19.9 Å². The lowest BCUT2D eigenvalue weighted by atomic mass is 9.84. The van der Waals surface area contributed by atoms with Crippen molar-refractivity contribution in [3.05, 3.63) is 23.8 Å². The van der Waals surface area contributed by atoms with Crippen molar-refractivity contribution in [2.45, 2.75) is 51.7 Å². The first-order chi connectivity index (χ1) is 8.93. The summed E-state index contributed by atoms with van der Waals surface area (Å²) in [6.45, 7) is 6.64. The molecule has 2 N–H and O–H groups in total. The highest BCUT2D eigenvalue weighted by molar-refractivity contribution is 5.44. The van der Waals surface area contributed by atoms with Crippen LogP contribution in [-0.4, -0.2) is 12.7 Å². The molecule has 0 aliphatic carbocycles. The van der Waals surface area contributed by atoms with Crippen molar-refractivity contribution in [1.82, 2.24) is 0 Å². The molecular weight excluding hydrogens is 238 g/mol. The molecule has 1 aromatic carbocycles. The Bertz CT molecular complexity index is 444. The maximum absolute atomic E-state index is 6.30. The monoisotopic (exact) mass is 263 g/mol. The first kappa shape index (κ1) is 14.2. The van der Waals surface area contributed by atoms with Crippen LogP contribution in [0.4, 0.5) is 0 Å². The Morgan fingerprint density at radius 2 is 2.21 bits per heavy atom. The standard InChI is InChI=1S/C16H25NO2/c1-11(2)7-8-16(3)10-14(17)13-6-5-12(18-4)9-15(13)19-16/h5-6,9,11,14H,7-8,10,17H2,1-4H3. The molecule has 0 saturated heterocycles. The van der Waals surface area contributed by atoms with Crippen molar-refractivity contribution in [2.24, 2.45) is 11.7 Å². The second kappa shape index (κ2) is 5.41. The molecule has 1 aliphatic rings. The molecule has 0 radical (unpaired) electrons. The van der Waals surface area contributed by atoms with E-state index in [0.29, 0.717) is 5.92 Å². The van der Waals surface area contributed by atoms with E-state index < -0.39 is 0 Å². The number of rotatable bonds is 4. The van der Waals surface area contributed by atoms with Crippen LogP contribution in [0.15, 0.2) is 18.2 Å². The van der Waals surface area contributed by atoms with E-state index in [0.717, 1.165) is 36.3 Å². The highest BCUT2D eigenvalue weighted by Gasteiger charge is 2.35. The van der Waals surface area contributed by atoms with Gasteiger partial charge >= 0.3 is 0 Å². The van der Waals surface area contributed by atoms with Gasteiger partial charge in [-0.25, -0.2) is 0 Å². The van der Waals surface area contributed by atoms with Crippen molar-refractivity contribution in [3.63, 3.8) is 0 Å². The van der Waals surface area contributed by atoms with Crippen molar-refractivity contribution >= 4 is 0 Å². The van der Waals surface area contributed by atoms with Gasteiger partial charge in [0.25, 0.3) is 0 Å². The molecule has 106 valence electrons. The largest absolute Gasteiger partial charge is 0.497 e. The Kier molecular flexibility index (Phi) is 4.04. The molecule has 3 heteroatoms. The number of ether oxygens (including phenoxy) is 2. The van der Waals surface area contributed by atoms with Gasteiger partial charge in [0.05, 0.1) is 7.11 Å². The van der Waals surface area contributed by atoms with E-state index in [1.165, 1.54) is 0 Å². The Hall–Kier alpha value is -1.22. The minimum Gasteiger partial charge on any atom is -0.497 e. The third kappa shape index (κ3) is 3.21. The minimum absolute atomic E-state index is 0.0480. The van der Waals surface area contributed by atoms with Crippen molar-refractivity contribution < 1.29 is 9.47 Å². The van der Waals surface area contributed by atoms with Gasteiger partial charge in [-0.05, 0) is 31.7 Å². The average Bonchev–Trinajstić information content (AvgIpc) is 2.35. The molecule has 1 aromatic rings. The van der Waals surface area contributed by atoms with Gasteiger partial charge in [0.2, 0.25) is 0 Å². The molecule has 0 bridgehead atoms. The molecule has 0 saturated carbocycles. The van der Waals surface area contributed by atoms with Crippen LogP contribution in [-0.2, 0) is 0 Å². The quantitative estimate of drug-likeness (QED) is 0.901. The summed E-state index contributed by atoms with van der Waals surface area (Å²) in [4.78, 5) is 0. The van der Waals surface area contributed by atoms with Crippen molar-refractivity contribution in [2.75, 3.05) is 7.11 Å². The third-order valence-electron chi connectivity index (χ3n) is 3.88. The minimum atomic E-state index is -0.164. The number of fused-ring (bicyclic) bond motifs is 1. The predicted octanol–water partition coefficient (Wildman–Crippen LogP) is 3.67. The highest BCUT2D eigenvalue weighted by Crippen LogP contribution is 2.42. The van der Waals surface area contributed by atoms with Crippen LogP contribution < -0.4 is 15.2 Å². The van der Waals surface area contributed by atoms with Crippen LogP contribution >= 0.6 is 0 Å². The second-order valence-electron chi connectivity index (χ2n) is 6.20. The van der Waals surface area contributed by atoms with Crippen LogP contribution in [0.2, 0.25) is 0 Å². The summed E-state index contributed by atoms with van der Waals surface area (Å²) in [5, 5.41) is 0. The maximum atomic E-state index is 6.30. The molecule has 19 heavy (non-hydrogen) atoms. The average molecular weight is 263 g/mol. The van der Waals surface area contributed by atoms with E-state index in [4.69, 9.17) is 15.2 Å². The van der Waals surface area contributed by atoms with Crippen LogP contribution in [0.5, 0.6) is 11.5 Å². The number of benzene rings is 1.